The lowest BCUT2D eigenvalue weighted by Crippen LogP contribution is -2.46. The van der Waals surface area contributed by atoms with Gasteiger partial charge in [0.05, 0.1) is 22.9 Å². The fourth-order valence-electron chi connectivity index (χ4n) is 3.40. The van der Waals surface area contributed by atoms with Crippen LogP contribution in [0.5, 0.6) is 5.75 Å². The van der Waals surface area contributed by atoms with Crippen LogP contribution in [0.25, 0.3) is 11.3 Å². The summed E-state index contributed by atoms with van der Waals surface area (Å²) in [5, 5.41) is 5.57. The number of aromatic nitrogens is 1. The Balaban J connectivity index is 1.62. The largest absolute Gasteiger partial charge is 0.479 e. The summed E-state index contributed by atoms with van der Waals surface area (Å²) in [6.07, 6.45) is -0.685. The number of thiazole rings is 1. The zero-order chi connectivity index (χ0) is 22.1. The number of carbonyl (C=O) groups excluding carboxylic acids is 3. The van der Waals surface area contributed by atoms with Gasteiger partial charge < -0.3 is 10.1 Å². The molecule has 1 atom stereocenters. The van der Waals surface area contributed by atoms with Gasteiger partial charge in [0.15, 0.2) is 11.9 Å². The third kappa shape index (κ3) is 4.34. The zero-order valence-corrected chi connectivity index (χ0v) is 18.2. The summed E-state index contributed by atoms with van der Waals surface area (Å²) in [4.78, 5) is 42.9. The summed E-state index contributed by atoms with van der Waals surface area (Å²) in [5.41, 5.74) is 3.28. The molecule has 4 rings (SSSR count). The number of nitrogens with one attached hydrogen (secondary N) is 1. The molecule has 1 unspecified atom stereocenters. The Bertz CT molecular complexity index is 1170. The lowest BCUT2D eigenvalue weighted by atomic mass is 10.1. The highest BCUT2D eigenvalue weighted by atomic mass is 32.1. The molecule has 0 saturated heterocycles. The third-order valence-electron chi connectivity index (χ3n) is 4.91. The molecule has 0 aliphatic carbocycles. The number of aryl methyl sites for hydroxylation is 1. The van der Waals surface area contributed by atoms with Gasteiger partial charge in [-0.05, 0) is 56.3 Å². The van der Waals surface area contributed by atoms with Crippen LogP contribution in [0.3, 0.4) is 0 Å². The lowest BCUT2D eigenvalue weighted by molar-refractivity contribution is -0.125. The number of amides is 2. The minimum Gasteiger partial charge on any atom is -0.479 e. The maximum absolute atomic E-state index is 12.9. The average molecular weight is 436 g/mol. The molecule has 0 fully saturated rings. The van der Waals surface area contributed by atoms with E-state index in [1.165, 1.54) is 11.8 Å². The van der Waals surface area contributed by atoms with Crippen molar-refractivity contribution in [1.82, 2.24) is 4.98 Å². The third-order valence-corrected chi connectivity index (χ3v) is 5.68. The van der Waals surface area contributed by atoms with E-state index in [4.69, 9.17) is 4.74 Å². The van der Waals surface area contributed by atoms with Gasteiger partial charge in [-0.3, -0.25) is 19.3 Å². The summed E-state index contributed by atoms with van der Waals surface area (Å²) in [5.74, 6) is -0.119. The minimum absolute atomic E-state index is 0.113. The first-order chi connectivity index (χ1) is 14.8. The molecule has 8 heteroatoms. The smallest absolute Gasteiger partial charge is 0.268 e. The average Bonchev–Trinajstić information content (AvgIpc) is 3.17. The van der Waals surface area contributed by atoms with Gasteiger partial charge in [0.2, 0.25) is 5.91 Å². The summed E-state index contributed by atoms with van der Waals surface area (Å²) in [6, 6.07) is 12.1. The first-order valence-electron chi connectivity index (χ1n) is 9.77. The molecule has 0 spiro atoms. The van der Waals surface area contributed by atoms with Crippen molar-refractivity contribution in [3.63, 3.8) is 0 Å². The van der Waals surface area contributed by atoms with Gasteiger partial charge in [0.1, 0.15) is 5.75 Å². The summed E-state index contributed by atoms with van der Waals surface area (Å²) < 4.78 is 5.75. The Morgan fingerprint density at radius 2 is 1.94 bits per heavy atom. The van der Waals surface area contributed by atoms with Crippen molar-refractivity contribution in [3.8, 4) is 17.0 Å². The second-order valence-electron chi connectivity index (χ2n) is 7.30. The van der Waals surface area contributed by atoms with E-state index in [1.54, 1.807) is 42.5 Å². The minimum atomic E-state index is -0.685. The van der Waals surface area contributed by atoms with Crippen molar-refractivity contribution in [2.75, 3.05) is 16.8 Å². The van der Waals surface area contributed by atoms with E-state index in [1.807, 2.05) is 30.5 Å². The van der Waals surface area contributed by atoms with Gasteiger partial charge in [-0.25, -0.2) is 4.98 Å². The Morgan fingerprint density at radius 1 is 1.19 bits per heavy atom. The van der Waals surface area contributed by atoms with Crippen molar-refractivity contribution >= 4 is 40.3 Å². The van der Waals surface area contributed by atoms with Crippen LogP contribution in [-0.4, -0.2) is 35.2 Å². The van der Waals surface area contributed by atoms with Crippen LogP contribution in [-0.2, 0) is 9.59 Å². The van der Waals surface area contributed by atoms with E-state index in [0.717, 1.165) is 16.3 Å². The highest BCUT2D eigenvalue weighted by Gasteiger charge is 2.33. The van der Waals surface area contributed by atoms with Gasteiger partial charge in [0.25, 0.3) is 5.91 Å². The number of benzene rings is 2. The second-order valence-corrected chi connectivity index (χ2v) is 8.36. The number of anilines is 2. The van der Waals surface area contributed by atoms with Gasteiger partial charge in [0, 0.05) is 29.1 Å². The predicted octanol–water partition coefficient (Wildman–Crippen LogP) is 4.07. The molecule has 0 saturated carbocycles. The second kappa shape index (κ2) is 8.31. The molecular weight excluding hydrogens is 414 g/mol. The number of hydrogen-bond donors (Lipinski definition) is 1. The van der Waals surface area contributed by atoms with Gasteiger partial charge >= 0.3 is 0 Å². The van der Waals surface area contributed by atoms with Crippen molar-refractivity contribution in [2.24, 2.45) is 0 Å². The van der Waals surface area contributed by atoms with E-state index in [-0.39, 0.29) is 24.1 Å². The number of rotatable bonds is 5. The maximum Gasteiger partial charge on any atom is 0.268 e. The highest BCUT2D eigenvalue weighted by molar-refractivity contribution is 7.09. The first-order valence-corrected chi connectivity index (χ1v) is 10.6. The molecule has 1 N–H and O–H groups in total. The Hall–Kier alpha value is -3.52. The number of nitrogens with zero attached hydrogens (tertiary/aromatic N) is 2. The fraction of sp³-hybridized carbons (Fsp3) is 0.217. The number of fused-ring (bicyclic) bond motifs is 1. The van der Waals surface area contributed by atoms with Crippen molar-refractivity contribution in [3.05, 3.63) is 58.4 Å². The molecule has 1 aliphatic heterocycles. The van der Waals surface area contributed by atoms with E-state index in [2.05, 4.69) is 10.3 Å². The molecule has 31 heavy (non-hydrogen) atoms. The van der Waals surface area contributed by atoms with E-state index in [0.29, 0.717) is 22.7 Å². The first kappa shape index (κ1) is 20.7. The molecule has 2 amide bonds. The predicted molar refractivity (Wildman–Crippen MR) is 120 cm³/mol. The summed E-state index contributed by atoms with van der Waals surface area (Å²) >= 11 is 1.55. The van der Waals surface area contributed by atoms with Crippen LogP contribution < -0.4 is 15.0 Å². The van der Waals surface area contributed by atoms with Crippen LogP contribution >= 0.6 is 11.3 Å². The molecule has 2 heterocycles. The number of ether oxygens (including phenoxy) is 1. The lowest BCUT2D eigenvalue weighted by Gasteiger charge is -2.33. The molecule has 3 aromatic rings. The van der Waals surface area contributed by atoms with E-state index < -0.39 is 6.10 Å². The van der Waals surface area contributed by atoms with Gasteiger partial charge in [-0.1, -0.05) is 0 Å². The van der Waals surface area contributed by atoms with E-state index >= 15 is 0 Å². The quantitative estimate of drug-likeness (QED) is 0.610. The van der Waals surface area contributed by atoms with Gasteiger partial charge in [-0.2, -0.15) is 0 Å². The summed E-state index contributed by atoms with van der Waals surface area (Å²) in [7, 11) is 0. The molecule has 158 valence electrons. The Labute approximate surface area is 183 Å². The molecule has 1 aliphatic rings. The topological polar surface area (TPSA) is 88.6 Å². The standard InChI is InChI=1S/C23H21N3O4S/c1-13-23(29)26(11-21(28)16-4-7-18(8-5-16)24-14(2)27)20-10-17(6-9-22(20)30-13)19-12-31-15(3)25-19/h4-10,12-13H,11H2,1-3H3,(H,24,27). The molecule has 0 radical (unpaired) electrons. The van der Waals surface area contributed by atoms with Crippen LogP contribution in [0.2, 0.25) is 0 Å². The number of carbonyl (C=O) groups is 3. The van der Waals surface area contributed by atoms with Crippen molar-refractivity contribution in [2.45, 2.75) is 26.9 Å². The van der Waals surface area contributed by atoms with Crippen LogP contribution in [0.15, 0.2) is 47.8 Å². The number of Topliss-reactive ketones (excluding diaryl/α,β-unsaturated/α-hetero) is 1. The van der Waals surface area contributed by atoms with E-state index in [9.17, 15) is 14.4 Å². The molecule has 0 bridgehead atoms. The van der Waals surface area contributed by atoms with Crippen LogP contribution in [0.4, 0.5) is 11.4 Å². The van der Waals surface area contributed by atoms with Crippen molar-refractivity contribution in [1.29, 1.82) is 0 Å². The zero-order valence-electron chi connectivity index (χ0n) is 17.3. The molecule has 1 aromatic heterocycles. The Kier molecular flexibility index (Phi) is 5.56. The normalized spacial score (nSPS) is 15.3. The highest BCUT2D eigenvalue weighted by Crippen LogP contribution is 2.37. The molecule has 7 nitrogen and oxygen atoms in total. The van der Waals surface area contributed by atoms with Crippen LogP contribution in [0.1, 0.15) is 29.2 Å². The van der Waals surface area contributed by atoms with Gasteiger partial charge in [-0.15, -0.1) is 11.3 Å². The summed E-state index contributed by atoms with van der Waals surface area (Å²) in [6.45, 7) is 4.91. The monoisotopic (exact) mass is 435 g/mol. The van der Waals surface area contributed by atoms with Crippen LogP contribution in [0, 0.1) is 6.92 Å². The number of hydrogen-bond acceptors (Lipinski definition) is 6. The number of ketones is 1. The SMILES string of the molecule is CC(=O)Nc1ccc(C(=O)CN2C(=O)C(C)Oc3ccc(-c4csc(C)n4)cc32)cc1. The Morgan fingerprint density at radius 3 is 2.58 bits per heavy atom. The van der Waals surface area contributed by atoms with Crippen molar-refractivity contribution < 1.29 is 19.1 Å². The maximum atomic E-state index is 12.9. The molecular formula is C23H21N3O4S. The fourth-order valence-corrected chi connectivity index (χ4v) is 4.03. The molecule has 2 aromatic carbocycles.